The molecule has 2 rings (SSSR count). The second-order valence-corrected chi connectivity index (χ2v) is 6.16. The first-order valence-corrected chi connectivity index (χ1v) is 8.42. The Morgan fingerprint density at radius 2 is 2.00 bits per heavy atom. The van der Waals surface area contributed by atoms with Gasteiger partial charge in [-0.1, -0.05) is 30.3 Å². The molecule has 0 saturated heterocycles. The van der Waals surface area contributed by atoms with Crippen molar-refractivity contribution >= 4 is 41.0 Å². The molecule has 0 aromatic heterocycles. The number of benzene rings is 2. The van der Waals surface area contributed by atoms with Gasteiger partial charge in [0.15, 0.2) is 0 Å². The summed E-state index contributed by atoms with van der Waals surface area (Å²) in [5.74, 6) is 0.193. The number of esters is 1. The van der Waals surface area contributed by atoms with Crippen molar-refractivity contribution in [2.45, 2.75) is 12.6 Å². The van der Waals surface area contributed by atoms with E-state index in [1.165, 1.54) is 0 Å². The van der Waals surface area contributed by atoms with E-state index in [1.54, 1.807) is 25.2 Å². The number of rotatable bonds is 7. The van der Waals surface area contributed by atoms with Crippen molar-refractivity contribution in [2.24, 2.45) is 0 Å². The van der Waals surface area contributed by atoms with Crippen LogP contribution < -0.4 is 10.1 Å². The van der Waals surface area contributed by atoms with E-state index < -0.39 is 6.04 Å². The lowest BCUT2D eigenvalue weighted by Crippen LogP contribution is -2.40. The monoisotopic (exact) mass is 472 g/mol. The molecule has 0 aliphatic rings. The smallest absolute Gasteiger partial charge is 0.327 e. The Hall–Kier alpha value is -1.82. The standard InChI is InChI=1S/C18H17IN2O3.ClH/c1-21-16(18(22)24-11-13-5-3-2-4-6-13)12-23-17-9-14(10-20)7-8-15(17)19;/h2-9,16,21H,11-12H2,1H3;1H/t16-;/m1./s1. The van der Waals surface area contributed by atoms with E-state index in [1.807, 2.05) is 30.3 Å². The van der Waals surface area contributed by atoms with Gasteiger partial charge < -0.3 is 14.8 Å². The average molecular weight is 473 g/mol. The highest BCUT2D eigenvalue weighted by Gasteiger charge is 2.19. The molecule has 1 N–H and O–H groups in total. The first-order valence-electron chi connectivity index (χ1n) is 7.34. The number of halogens is 2. The van der Waals surface area contributed by atoms with Crippen molar-refractivity contribution < 1.29 is 14.3 Å². The minimum absolute atomic E-state index is 0. The van der Waals surface area contributed by atoms with Gasteiger partial charge in [0.05, 0.1) is 15.2 Å². The summed E-state index contributed by atoms with van der Waals surface area (Å²) in [6.07, 6.45) is 0. The van der Waals surface area contributed by atoms with E-state index in [4.69, 9.17) is 14.7 Å². The van der Waals surface area contributed by atoms with Gasteiger partial charge in [0.1, 0.15) is 25.0 Å². The minimum atomic E-state index is -0.588. The van der Waals surface area contributed by atoms with Gasteiger partial charge in [-0.25, -0.2) is 0 Å². The number of hydrogen-bond acceptors (Lipinski definition) is 5. The fourth-order valence-corrected chi connectivity index (χ4v) is 2.45. The molecule has 0 amide bonds. The lowest BCUT2D eigenvalue weighted by atomic mass is 10.2. The molecular formula is C18H18ClIN2O3. The van der Waals surface area contributed by atoms with Crippen molar-refractivity contribution in [2.75, 3.05) is 13.7 Å². The van der Waals surface area contributed by atoms with Crippen LogP contribution in [0.2, 0.25) is 0 Å². The fourth-order valence-electron chi connectivity index (χ4n) is 1.96. The van der Waals surface area contributed by atoms with Crippen molar-refractivity contribution in [1.29, 1.82) is 5.26 Å². The third-order valence-corrected chi connectivity index (χ3v) is 4.21. The summed E-state index contributed by atoms with van der Waals surface area (Å²) in [5.41, 5.74) is 1.44. The van der Waals surface area contributed by atoms with Crippen LogP contribution in [0.5, 0.6) is 5.75 Å². The number of nitrogens with zero attached hydrogens (tertiary/aromatic N) is 1. The molecule has 1 atom stereocenters. The van der Waals surface area contributed by atoms with Gasteiger partial charge in [-0.15, -0.1) is 12.4 Å². The Labute approximate surface area is 166 Å². The Kier molecular flexibility index (Phi) is 9.27. The van der Waals surface area contributed by atoms with E-state index in [0.717, 1.165) is 9.13 Å². The maximum atomic E-state index is 12.2. The summed E-state index contributed by atoms with van der Waals surface area (Å²) in [6.45, 7) is 0.342. The van der Waals surface area contributed by atoms with Crippen LogP contribution in [0.3, 0.4) is 0 Å². The van der Waals surface area contributed by atoms with Gasteiger partial charge in [0, 0.05) is 0 Å². The van der Waals surface area contributed by atoms with Crippen LogP contribution in [-0.2, 0) is 16.1 Å². The molecule has 0 unspecified atom stereocenters. The summed E-state index contributed by atoms with van der Waals surface area (Å²) in [4.78, 5) is 12.2. The molecule has 0 radical (unpaired) electrons. The van der Waals surface area contributed by atoms with Gasteiger partial charge in [-0.2, -0.15) is 5.26 Å². The third-order valence-electron chi connectivity index (χ3n) is 3.32. The largest absolute Gasteiger partial charge is 0.490 e. The molecule has 25 heavy (non-hydrogen) atoms. The highest BCUT2D eigenvalue weighted by atomic mass is 127. The van der Waals surface area contributed by atoms with Gasteiger partial charge in [-0.05, 0) is 53.4 Å². The number of carbonyl (C=O) groups is 1. The molecule has 7 heteroatoms. The maximum absolute atomic E-state index is 12.2. The van der Waals surface area contributed by atoms with Crippen LogP contribution in [0.15, 0.2) is 48.5 Å². The molecule has 132 valence electrons. The molecule has 0 fully saturated rings. The second-order valence-electron chi connectivity index (χ2n) is 5.00. The van der Waals surface area contributed by atoms with E-state index in [0.29, 0.717) is 11.3 Å². The number of nitrogens with one attached hydrogen (secondary N) is 1. The number of ether oxygens (including phenoxy) is 2. The molecule has 0 aliphatic heterocycles. The van der Waals surface area contributed by atoms with Gasteiger partial charge >= 0.3 is 5.97 Å². The predicted octanol–water partition coefficient (Wildman–Crippen LogP) is 3.29. The summed E-state index contributed by atoms with van der Waals surface area (Å²) in [7, 11) is 1.68. The molecule has 0 bridgehead atoms. The Balaban J connectivity index is 0.00000312. The number of likely N-dealkylation sites (N-methyl/N-ethyl adjacent to an activating group) is 1. The Morgan fingerprint density at radius 1 is 1.28 bits per heavy atom. The van der Waals surface area contributed by atoms with Crippen LogP contribution in [-0.4, -0.2) is 25.7 Å². The van der Waals surface area contributed by atoms with Gasteiger partial charge in [0.25, 0.3) is 0 Å². The fraction of sp³-hybridized carbons (Fsp3) is 0.222. The summed E-state index contributed by atoms with van der Waals surface area (Å²) in [6, 6.07) is 16.2. The van der Waals surface area contributed by atoms with E-state index in [2.05, 4.69) is 34.0 Å². The van der Waals surface area contributed by atoms with Crippen LogP contribution in [0, 0.1) is 14.9 Å². The highest BCUT2D eigenvalue weighted by molar-refractivity contribution is 14.1. The first kappa shape index (κ1) is 21.2. The summed E-state index contributed by atoms with van der Waals surface area (Å²) < 4.78 is 11.9. The SMILES string of the molecule is CN[C@H](COc1cc(C#N)ccc1I)C(=O)OCc1ccccc1.Cl. The zero-order valence-corrected chi connectivity index (χ0v) is 16.5. The van der Waals surface area contributed by atoms with E-state index in [9.17, 15) is 4.79 Å². The molecular weight excluding hydrogens is 455 g/mol. The van der Waals surface area contributed by atoms with Gasteiger partial charge in [-0.3, -0.25) is 4.79 Å². The molecule has 5 nitrogen and oxygen atoms in total. The second kappa shape index (κ2) is 10.9. The van der Waals surface area contributed by atoms with Crippen molar-refractivity contribution in [3.05, 3.63) is 63.2 Å². The maximum Gasteiger partial charge on any atom is 0.327 e. The van der Waals surface area contributed by atoms with Crippen molar-refractivity contribution in [1.82, 2.24) is 5.32 Å². The van der Waals surface area contributed by atoms with Crippen LogP contribution in [0.4, 0.5) is 0 Å². The summed E-state index contributed by atoms with van der Waals surface area (Å²) >= 11 is 2.12. The highest BCUT2D eigenvalue weighted by Crippen LogP contribution is 2.22. The zero-order valence-electron chi connectivity index (χ0n) is 13.6. The lowest BCUT2D eigenvalue weighted by molar-refractivity contribution is -0.148. The quantitative estimate of drug-likeness (QED) is 0.495. The normalized spacial score (nSPS) is 10.9. The molecule has 0 heterocycles. The minimum Gasteiger partial charge on any atom is -0.490 e. The molecule has 2 aromatic rings. The van der Waals surface area contributed by atoms with Crippen LogP contribution in [0.25, 0.3) is 0 Å². The van der Waals surface area contributed by atoms with Crippen LogP contribution >= 0.6 is 35.0 Å². The van der Waals surface area contributed by atoms with Crippen LogP contribution in [0.1, 0.15) is 11.1 Å². The zero-order chi connectivity index (χ0) is 17.4. The van der Waals surface area contributed by atoms with E-state index in [-0.39, 0.29) is 31.6 Å². The summed E-state index contributed by atoms with van der Waals surface area (Å²) in [5, 5.41) is 11.8. The third kappa shape index (κ3) is 6.53. The first-order chi connectivity index (χ1) is 11.6. The van der Waals surface area contributed by atoms with E-state index >= 15 is 0 Å². The lowest BCUT2D eigenvalue weighted by Gasteiger charge is -2.17. The Bertz CT molecular complexity index is 735. The molecule has 0 aliphatic carbocycles. The predicted molar refractivity (Wildman–Crippen MR) is 106 cm³/mol. The Morgan fingerprint density at radius 3 is 2.64 bits per heavy atom. The molecule has 0 saturated carbocycles. The number of hydrogen-bond donors (Lipinski definition) is 1. The average Bonchev–Trinajstić information content (AvgIpc) is 2.62. The topological polar surface area (TPSA) is 71.3 Å². The molecule has 0 spiro atoms. The van der Waals surface area contributed by atoms with Gasteiger partial charge in [0.2, 0.25) is 0 Å². The van der Waals surface area contributed by atoms with Crippen molar-refractivity contribution in [3.63, 3.8) is 0 Å². The number of nitriles is 1. The number of carbonyl (C=O) groups excluding carboxylic acids is 1. The van der Waals surface area contributed by atoms with Crippen molar-refractivity contribution in [3.8, 4) is 11.8 Å². The molecule has 2 aromatic carbocycles.